The van der Waals surface area contributed by atoms with E-state index in [2.05, 4.69) is 58.8 Å². The molecule has 1 aromatic heterocycles. The first kappa shape index (κ1) is 10.8. The highest BCUT2D eigenvalue weighted by molar-refractivity contribution is 5.80. The molecule has 0 spiro atoms. The number of rotatable bonds is 1. The summed E-state index contributed by atoms with van der Waals surface area (Å²) in [5.74, 6) is 0.456. The minimum Gasteiger partial charge on any atom is -0.361 e. The van der Waals surface area contributed by atoms with Gasteiger partial charge in [0, 0.05) is 30.7 Å². The standard InChI is InChI=1S/C17H16N2/c1-2-4-15-14(3-1)10-18-11-16(15)13-6-5-12-7-8-19-17(12)9-13/h1-9,16,18-19H,10-11H2. The van der Waals surface area contributed by atoms with Gasteiger partial charge >= 0.3 is 0 Å². The predicted octanol–water partition coefficient (Wildman–Crippen LogP) is 3.40. The molecule has 94 valence electrons. The Kier molecular flexibility index (Phi) is 2.42. The van der Waals surface area contributed by atoms with Gasteiger partial charge in [0.25, 0.3) is 0 Å². The Balaban J connectivity index is 1.84. The van der Waals surface area contributed by atoms with E-state index in [1.54, 1.807) is 0 Å². The summed E-state index contributed by atoms with van der Waals surface area (Å²) < 4.78 is 0. The summed E-state index contributed by atoms with van der Waals surface area (Å²) in [4.78, 5) is 3.30. The maximum absolute atomic E-state index is 3.52. The lowest BCUT2D eigenvalue weighted by Crippen LogP contribution is -2.28. The van der Waals surface area contributed by atoms with Gasteiger partial charge in [-0.25, -0.2) is 0 Å². The highest BCUT2D eigenvalue weighted by Crippen LogP contribution is 2.31. The van der Waals surface area contributed by atoms with E-state index in [-0.39, 0.29) is 0 Å². The van der Waals surface area contributed by atoms with E-state index in [1.807, 2.05) is 6.20 Å². The molecule has 2 heteroatoms. The fourth-order valence-corrected chi connectivity index (χ4v) is 3.08. The molecule has 0 saturated carbocycles. The lowest BCUT2D eigenvalue weighted by Gasteiger charge is -2.26. The van der Waals surface area contributed by atoms with E-state index in [0.717, 1.165) is 13.1 Å². The number of aromatic amines is 1. The van der Waals surface area contributed by atoms with Crippen LogP contribution >= 0.6 is 0 Å². The highest BCUT2D eigenvalue weighted by atomic mass is 14.9. The average molecular weight is 248 g/mol. The molecule has 0 amide bonds. The monoisotopic (exact) mass is 248 g/mol. The summed E-state index contributed by atoms with van der Waals surface area (Å²) in [6, 6.07) is 17.6. The molecule has 3 aromatic rings. The molecule has 19 heavy (non-hydrogen) atoms. The molecule has 1 aliphatic rings. The van der Waals surface area contributed by atoms with Crippen molar-refractivity contribution in [2.24, 2.45) is 0 Å². The summed E-state index contributed by atoms with van der Waals surface area (Å²) in [6.45, 7) is 2.00. The van der Waals surface area contributed by atoms with Gasteiger partial charge in [-0.05, 0) is 34.2 Å². The van der Waals surface area contributed by atoms with Crippen molar-refractivity contribution in [3.05, 3.63) is 71.4 Å². The molecule has 1 aliphatic heterocycles. The fourth-order valence-electron chi connectivity index (χ4n) is 3.08. The molecule has 0 fully saturated rings. The second-order valence-electron chi connectivity index (χ2n) is 5.21. The predicted molar refractivity (Wildman–Crippen MR) is 78.3 cm³/mol. The van der Waals surface area contributed by atoms with E-state index in [0.29, 0.717) is 5.92 Å². The number of hydrogen-bond donors (Lipinski definition) is 2. The van der Waals surface area contributed by atoms with E-state index < -0.39 is 0 Å². The van der Waals surface area contributed by atoms with Crippen LogP contribution in [0.5, 0.6) is 0 Å². The summed E-state index contributed by atoms with van der Waals surface area (Å²) in [5.41, 5.74) is 5.49. The average Bonchev–Trinajstić information content (AvgIpc) is 2.94. The molecule has 1 unspecified atom stereocenters. The zero-order valence-corrected chi connectivity index (χ0v) is 10.7. The number of H-pyrrole nitrogens is 1. The Bertz CT molecular complexity index is 727. The number of nitrogens with one attached hydrogen (secondary N) is 2. The number of fused-ring (bicyclic) bond motifs is 2. The van der Waals surface area contributed by atoms with Crippen molar-refractivity contribution in [1.29, 1.82) is 0 Å². The van der Waals surface area contributed by atoms with Gasteiger partial charge < -0.3 is 10.3 Å². The SMILES string of the molecule is c1ccc2c(c1)CNCC2c1ccc2cc[nH]c2c1. The Morgan fingerprint density at radius 2 is 1.95 bits per heavy atom. The molecule has 0 radical (unpaired) electrons. The van der Waals surface area contributed by atoms with Gasteiger partial charge in [0.2, 0.25) is 0 Å². The van der Waals surface area contributed by atoms with Crippen molar-refractivity contribution >= 4 is 10.9 Å². The molecule has 0 aliphatic carbocycles. The zero-order chi connectivity index (χ0) is 12.7. The molecule has 2 N–H and O–H groups in total. The highest BCUT2D eigenvalue weighted by Gasteiger charge is 2.21. The molecule has 1 atom stereocenters. The quantitative estimate of drug-likeness (QED) is 0.678. The molecule has 0 saturated heterocycles. The van der Waals surface area contributed by atoms with Gasteiger partial charge in [0.1, 0.15) is 0 Å². The first-order valence-corrected chi connectivity index (χ1v) is 6.77. The number of aromatic nitrogens is 1. The van der Waals surface area contributed by atoms with Crippen LogP contribution in [0.15, 0.2) is 54.7 Å². The van der Waals surface area contributed by atoms with Gasteiger partial charge in [-0.2, -0.15) is 0 Å². The summed E-state index contributed by atoms with van der Waals surface area (Å²) in [7, 11) is 0. The van der Waals surface area contributed by atoms with Gasteiger partial charge in [-0.15, -0.1) is 0 Å². The maximum atomic E-state index is 3.52. The van der Waals surface area contributed by atoms with E-state index >= 15 is 0 Å². The van der Waals surface area contributed by atoms with E-state index in [1.165, 1.54) is 27.6 Å². The number of benzene rings is 2. The first-order chi connectivity index (χ1) is 9.42. The lowest BCUT2D eigenvalue weighted by atomic mass is 9.85. The van der Waals surface area contributed by atoms with Crippen LogP contribution in [0.25, 0.3) is 10.9 Å². The van der Waals surface area contributed by atoms with Crippen molar-refractivity contribution < 1.29 is 0 Å². The second kappa shape index (κ2) is 4.25. The number of hydrogen-bond acceptors (Lipinski definition) is 1. The molecular weight excluding hydrogens is 232 g/mol. The van der Waals surface area contributed by atoms with Crippen molar-refractivity contribution in [3.63, 3.8) is 0 Å². The second-order valence-corrected chi connectivity index (χ2v) is 5.21. The minimum atomic E-state index is 0.456. The minimum absolute atomic E-state index is 0.456. The lowest BCUT2D eigenvalue weighted by molar-refractivity contribution is 0.591. The van der Waals surface area contributed by atoms with Crippen LogP contribution < -0.4 is 5.32 Å². The normalized spacial score (nSPS) is 18.4. The van der Waals surface area contributed by atoms with Crippen molar-refractivity contribution in [3.8, 4) is 0 Å². The third-order valence-electron chi connectivity index (χ3n) is 4.08. The molecule has 2 nitrogen and oxygen atoms in total. The summed E-state index contributed by atoms with van der Waals surface area (Å²) >= 11 is 0. The molecule has 2 aromatic carbocycles. The molecular formula is C17H16N2. The first-order valence-electron chi connectivity index (χ1n) is 6.77. The molecule has 4 rings (SSSR count). The van der Waals surface area contributed by atoms with Crippen LogP contribution in [0.2, 0.25) is 0 Å². The van der Waals surface area contributed by atoms with Crippen molar-refractivity contribution in [2.75, 3.05) is 6.54 Å². The molecule has 0 bridgehead atoms. The Hall–Kier alpha value is -2.06. The largest absolute Gasteiger partial charge is 0.361 e. The topological polar surface area (TPSA) is 27.8 Å². The smallest absolute Gasteiger partial charge is 0.0456 e. The van der Waals surface area contributed by atoms with Crippen molar-refractivity contribution in [1.82, 2.24) is 10.3 Å². The third-order valence-corrected chi connectivity index (χ3v) is 4.08. The Labute approximate surface area is 112 Å². The van der Waals surface area contributed by atoms with Crippen LogP contribution in [-0.4, -0.2) is 11.5 Å². The van der Waals surface area contributed by atoms with Gasteiger partial charge in [-0.3, -0.25) is 0 Å². The van der Waals surface area contributed by atoms with Crippen LogP contribution in [0.1, 0.15) is 22.6 Å². The zero-order valence-electron chi connectivity index (χ0n) is 10.7. The van der Waals surface area contributed by atoms with E-state index in [9.17, 15) is 0 Å². The Morgan fingerprint density at radius 1 is 1.00 bits per heavy atom. The van der Waals surface area contributed by atoms with Gasteiger partial charge in [0.05, 0.1) is 0 Å². The van der Waals surface area contributed by atoms with Crippen LogP contribution in [-0.2, 0) is 6.54 Å². The molecule has 2 heterocycles. The van der Waals surface area contributed by atoms with Crippen LogP contribution in [0.4, 0.5) is 0 Å². The summed E-state index contributed by atoms with van der Waals surface area (Å²) in [6.07, 6.45) is 2.00. The van der Waals surface area contributed by atoms with Crippen LogP contribution in [0.3, 0.4) is 0 Å². The van der Waals surface area contributed by atoms with Crippen LogP contribution in [0, 0.1) is 0 Å². The summed E-state index contributed by atoms with van der Waals surface area (Å²) in [5, 5.41) is 4.80. The van der Waals surface area contributed by atoms with Gasteiger partial charge in [-0.1, -0.05) is 36.4 Å². The van der Waals surface area contributed by atoms with Gasteiger partial charge in [0.15, 0.2) is 0 Å². The van der Waals surface area contributed by atoms with Crippen molar-refractivity contribution in [2.45, 2.75) is 12.5 Å². The fraction of sp³-hybridized carbons (Fsp3) is 0.176. The maximum Gasteiger partial charge on any atom is 0.0456 e. The van der Waals surface area contributed by atoms with E-state index in [4.69, 9.17) is 0 Å². The third kappa shape index (κ3) is 1.76. The Morgan fingerprint density at radius 3 is 2.95 bits per heavy atom.